The van der Waals surface area contributed by atoms with E-state index >= 15 is 0 Å². The van der Waals surface area contributed by atoms with E-state index in [1.807, 2.05) is 26.0 Å². The molecule has 0 fully saturated rings. The first-order valence-electron chi connectivity index (χ1n) is 7.87. The summed E-state index contributed by atoms with van der Waals surface area (Å²) in [6, 6.07) is 10.4. The first kappa shape index (κ1) is 14.9. The van der Waals surface area contributed by atoms with Crippen LogP contribution in [0.15, 0.2) is 34.7 Å². The van der Waals surface area contributed by atoms with Crippen LogP contribution in [0.2, 0.25) is 0 Å². The Balaban J connectivity index is 1.66. The molecule has 3 rings (SSSR count). The van der Waals surface area contributed by atoms with Gasteiger partial charge in [0.15, 0.2) is 5.76 Å². The van der Waals surface area contributed by atoms with Crippen LogP contribution in [0.3, 0.4) is 0 Å². The molecule has 2 heterocycles. The van der Waals surface area contributed by atoms with E-state index in [0.29, 0.717) is 12.3 Å². The third kappa shape index (κ3) is 2.92. The van der Waals surface area contributed by atoms with Crippen LogP contribution in [0, 0.1) is 6.92 Å². The van der Waals surface area contributed by atoms with E-state index in [1.54, 1.807) is 0 Å². The van der Waals surface area contributed by atoms with Gasteiger partial charge in [-0.25, -0.2) is 0 Å². The fraction of sp³-hybridized carbons (Fsp3) is 0.389. The number of nitrogens with one attached hydrogen (secondary N) is 2. The van der Waals surface area contributed by atoms with Crippen molar-refractivity contribution in [3.8, 4) is 0 Å². The van der Waals surface area contributed by atoms with Gasteiger partial charge in [-0.1, -0.05) is 31.2 Å². The van der Waals surface area contributed by atoms with Crippen molar-refractivity contribution < 1.29 is 9.21 Å². The van der Waals surface area contributed by atoms with Crippen LogP contribution in [-0.2, 0) is 12.8 Å². The van der Waals surface area contributed by atoms with Gasteiger partial charge in [-0.2, -0.15) is 0 Å². The molecule has 1 amide bonds. The number of benzene rings is 1. The van der Waals surface area contributed by atoms with Gasteiger partial charge in [-0.15, -0.1) is 0 Å². The molecule has 1 aliphatic heterocycles. The second-order valence-electron chi connectivity index (χ2n) is 5.74. The van der Waals surface area contributed by atoms with Crippen molar-refractivity contribution in [1.82, 2.24) is 10.6 Å². The lowest BCUT2D eigenvalue weighted by Gasteiger charge is -2.27. The summed E-state index contributed by atoms with van der Waals surface area (Å²) in [5.74, 6) is 1.14. The quantitative estimate of drug-likeness (QED) is 0.912. The maximum Gasteiger partial charge on any atom is 0.287 e. The summed E-state index contributed by atoms with van der Waals surface area (Å²) in [7, 11) is 0. The third-order valence-corrected chi connectivity index (χ3v) is 4.25. The summed E-state index contributed by atoms with van der Waals surface area (Å²) in [6.45, 7) is 5.50. The highest BCUT2D eigenvalue weighted by molar-refractivity contribution is 5.91. The lowest BCUT2D eigenvalue weighted by atomic mass is 9.94. The second kappa shape index (κ2) is 6.36. The molecular weight excluding hydrogens is 276 g/mol. The highest BCUT2D eigenvalue weighted by Gasteiger charge is 2.21. The number of carbonyl (C=O) groups excluding carboxylic acids is 1. The van der Waals surface area contributed by atoms with E-state index in [1.165, 1.54) is 11.1 Å². The molecule has 2 aromatic rings. The van der Waals surface area contributed by atoms with Gasteiger partial charge >= 0.3 is 0 Å². The lowest BCUT2D eigenvalue weighted by Crippen LogP contribution is -2.38. The number of furan rings is 1. The van der Waals surface area contributed by atoms with E-state index in [4.69, 9.17) is 4.42 Å². The number of aryl methyl sites for hydroxylation is 2. The molecule has 0 saturated carbocycles. The van der Waals surface area contributed by atoms with Crippen LogP contribution >= 0.6 is 0 Å². The predicted octanol–water partition coefficient (Wildman–Crippen LogP) is 2.77. The fourth-order valence-corrected chi connectivity index (χ4v) is 3.04. The molecule has 2 N–H and O–H groups in total. The van der Waals surface area contributed by atoms with Gasteiger partial charge in [0.2, 0.25) is 0 Å². The monoisotopic (exact) mass is 298 g/mol. The Labute approximate surface area is 130 Å². The van der Waals surface area contributed by atoms with Gasteiger partial charge in [0, 0.05) is 19.0 Å². The summed E-state index contributed by atoms with van der Waals surface area (Å²) in [4.78, 5) is 12.2. The zero-order valence-electron chi connectivity index (χ0n) is 13.1. The van der Waals surface area contributed by atoms with Crippen LogP contribution < -0.4 is 10.6 Å². The molecule has 4 nitrogen and oxygen atoms in total. The molecule has 1 aromatic carbocycles. The fourth-order valence-electron chi connectivity index (χ4n) is 3.04. The Morgan fingerprint density at radius 3 is 3.00 bits per heavy atom. The van der Waals surface area contributed by atoms with Gasteiger partial charge in [0.05, 0.1) is 0 Å². The Kier molecular flexibility index (Phi) is 4.29. The highest BCUT2D eigenvalue weighted by Crippen LogP contribution is 2.22. The summed E-state index contributed by atoms with van der Waals surface area (Å²) in [5.41, 5.74) is 3.68. The average molecular weight is 298 g/mol. The first-order valence-corrected chi connectivity index (χ1v) is 7.87. The van der Waals surface area contributed by atoms with Gasteiger partial charge in [0.25, 0.3) is 5.91 Å². The molecule has 1 atom stereocenters. The van der Waals surface area contributed by atoms with Crippen molar-refractivity contribution in [1.29, 1.82) is 0 Å². The van der Waals surface area contributed by atoms with Crippen molar-refractivity contribution >= 4 is 5.91 Å². The first-order chi connectivity index (χ1) is 10.7. The summed E-state index contributed by atoms with van der Waals surface area (Å²) >= 11 is 0. The van der Waals surface area contributed by atoms with Crippen LogP contribution in [0.4, 0.5) is 0 Å². The van der Waals surface area contributed by atoms with Crippen LogP contribution in [0.1, 0.15) is 46.0 Å². The molecule has 0 spiro atoms. The standard InChI is InChI=1S/C18H22N2O2/c1-3-16-12(2)10-17(22-16)18(21)20-11-15-14-7-5-4-6-13(14)8-9-19-15/h4-7,10,15,19H,3,8-9,11H2,1-2H3,(H,20,21). The zero-order chi connectivity index (χ0) is 15.5. The molecular formula is C18H22N2O2. The van der Waals surface area contributed by atoms with E-state index in [-0.39, 0.29) is 11.9 Å². The number of hydrogen-bond acceptors (Lipinski definition) is 3. The minimum atomic E-state index is -0.146. The van der Waals surface area contributed by atoms with Crippen LogP contribution in [0.5, 0.6) is 0 Å². The van der Waals surface area contributed by atoms with Gasteiger partial charge < -0.3 is 15.1 Å². The maximum atomic E-state index is 12.2. The van der Waals surface area contributed by atoms with E-state index in [0.717, 1.165) is 30.7 Å². The van der Waals surface area contributed by atoms with Crippen molar-refractivity contribution in [2.24, 2.45) is 0 Å². The Morgan fingerprint density at radius 2 is 2.23 bits per heavy atom. The largest absolute Gasteiger partial charge is 0.456 e. The highest BCUT2D eigenvalue weighted by atomic mass is 16.4. The normalized spacial score (nSPS) is 17.1. The minimum absolute atomic E-state index is 0.146. The second-order valence-corrected chi connectivity index (χ2v) is 5.74. The molecule has 1 aromatic heterocycles. The Hall–Kier alpha value is -2.07. The van der Waals surface area contributed by atoms with Crippen LogP contribution in [-0.4, -0.2) is 19.0 Å². The number of rotatable bonds is 4. The smallest absolute Gasteiger partial charge is 0.287 e. The summed E-state index contributed by atoms with van der Waals surface area (Å²) in [6.07, 6.45) is 1.84. The third-order valence-electron chi connectivity index (χ3n) is 4.25. The van der Waals surface area contributed by atoms with Crippen molar-refractivity contribution in [2.45, 2.75) is 32.7 Å². The Morgan fingerprint density at radius 1 is 1.41 bits per heavy atom. The molecule has 0 radical (unpaired) electrons. The summed E-state index contributed by atoms with van der Waals surface area (Å²) < 4.78 is 5.60. The van der Waals surface area contributed by atoms with Gasteiger partial charge in [0.1, 0.15) is 5.76 Å². The number of fused-ring (bicyclic) bond motifs is 1. The van der Waals surface area contributed by atoms with Gasteiger partial charge in [-0.3, -0.25) is 4.79 Å². The van der Waals surface area contributed by atoms with Crippen molar-refractivity contribution in [3.05, 3.63) is 58.5 Å². The molecule has 1 aliphatic rings. The van der Waals surface area contributed by atoms with Crippen molar-refractivity contribution in [2.75, 3.05) is 13.1 Å². The molecule has 22 heavy (non-hydrogen) atoms. The van der Waals surface area contributed by atoms with Crippen LogP contribution in [0.25, 0.3) is 0 Å². The van der Waals surface area contributed by atoms with E-state index < -0.39 is 0 Å². The molecule has 0 aliphatic carbocycles. The van der Waals surface area contributed by atoms with Gasteiger partial charge in [-0.05, 0) is 42.6 Å². The van der Waals surface area contributed by atoms with E-state index in [9.17, 15) is 4.79 Å². The number of hydrogen-bond donors (Lipinski definition) is 2. The molecule has 4 heteroatoms. The molecule has 1 unspecified atom stereocenters. The zero-order valence-corrected chi connectivity index (χ0v) is 13.1. The minimum Gasteiger partial charge on any atom is -0.456 e. The van der Waals surface area contributed by atoms with Crippen molar-refractivity contribution in [3.63, 3.8) is 0 Å². The lowest BCUT2D eigenvalue weighted by molar-refractivity contribution is 0.0919. The maximum absolute atomic E-state index is 12.2. The Bertz CT molecular complexity index is 675. The number of amides is 1. The summed E-state index contributed by atoms with van der Waals surface area (Å²) in [5, 5.41) is 6.44. The number of carbonyl (C=O) groups is 1. The molecule has 0 bridgehead atoms. The SMILES string of the molecule is CCc1oc(C(=O)NCC2NCCc3ccccc32)cc1C. The molecule has 116 valence electrons. The van der Waals surface area contributed by atoms with E-state index in [2.05, 4.69) is 28.8 Å². The molecule has 0 saturated heterocycles. The average Bonchev–Trinajstić information content (AvgIpc) is 2.93. The topological polar surface area (TPSA) is 54.3 Å². The predicted molar refractivity (Wildman–Crippen MR) is 86.0 cm³/mol.